The van der Waals surface area contributed by atoms with Gasteiger partial charge in [0.15, 0.2) is 0 Å². The zero-order chi connectivity index (χ0) is 19.5. The summed E-state index contributed by atoms with van der Waals surface area (Å²) in [5, 5.41) is 3.02. The third kappa shape index (κ3) is 3.67. The molecule has 0 spiro atoms. The first-order chi connectivity index (χ1) is 13.6. The van der Waals surface area contributed by atoms with Gasteiger partial charge < -0.3 is 14.3 Å². The van der Waals surface area contributed by atoms with E-state index in [2.05, 4.69) is 19.9 Å². The van der Waals surface area contributed by atoms with E-state index in [-0.39, 0.29) is 5.91 Å². The van der Waals surface area contributed by atoms with Crippen LogP contribution in [0.1, 0.15) is 33.1 Å². The van der Waals surface area contributed by atoms with Crippen LogP contribution in [-0.4, -0.2) is 31.4 Å². The summed E-state index contributed by atoms with van der Waals surface area (Å²) in [6, 6.07) is 13.7. The number of hydrogen-bond acceptors (Lipinski definition) is 3. The number of nitrogens with one attached hydrogen (secondary N) is 1. The fraction of sp³-hybridized carbons (Fsp3) is 0.227. The molecule has 6 heteroatoms. The van der Waals surface area contributed by atoms with Crippen molar-refractivity contribution < 1.29 is 4.79 Å². The van der Waals surface area contributed by atoms with E-state index >= 15 is 0 Å². The summed E-state index contributed by atoms with van der Waals surface area (Å²) in [7, 11) is 0. The molecule has 142 valence electrons. The highest BCUT2D eigenvalue weighted by molar-refractivity contribution is 5.95. The largest absolute Gasteiger partial charge is 0.352 e. The molecule has 0 fully saturated rings. The molecule has 0 aliphatic carbocycles. The third-order valence-electron chi connectivity index (χ3n) is 4.95. The van der Waals surface area contributed by atoms with Gasteiger partial charge in [0.05, 0.1) is 23.5 Å². The Morgan fingerprint density at radius 1 is 1.11 bits per heavy atom. The van der Waals surface area contributed by atoms with E-state index in [9.17, 15) is 4.79 Å². The van der Waals surface area contributed by atoms with E-state index in [1.807, 2.05) is 73.1 Å². The molecule has 1 amide bonds. The number of nitrogens with zero attached hydrogens (tertiary/aromatic N) is 4. The molecule has 0 unspecified atom stereocenters. The molecule has 0 radical (unpaired) electrons. The van der Waals surface area contributed by atoms with Crippen molar-refractivity contribution in [3.8, 4) is 0 Å². The number of hydrogen-bond donors (Lipinski definition) is 1. The second kappa shape index (κ2) is 7.68. The summed E-state index contributed by atoms with van der Waals surface area (Å²) in [5.41, 5.74) is 5.57. The Morgan fingerprint density at radius 2 is 1.96 bits per heavy atom. The maximum absolute atomic E-state index is 12.7. The van der Waals surface area contributed by atoms with Crippen LogP contribution in [0.2, 0.25) is 0 Å². The van der Waals surface area contributed by atoms with Gasteiger partial charge in [0.2, 0.25) is 0 Å². The summed E-state index contributed by atoms with van der Waals surface area (Å²) in [4.78, 5) is 21.6. The number of carbonyl (C=O) groups is 1. The van der Waals surface area contributed by atoms with Crippen molar-refractivity contribution in [3.05, 3.63) is 89.4 Å². The first kappa shape index (κ1) is 18.0. The number of pyridine rings is 2. The van der Waals surface area contributed by atoms with Crippen molar-refractivity contribution in [2.75, 3.05) is 6.54 Å². The number of amides is 1. The molecule has 0 bridgehead atoms. The monoisotopic (exact) mass is 373 g/mol. The van der Waals surface area contributed by atoms with E-state index in [1.165, 1.54) is 0 Å². The molecule has 0 aromatic carbocycles. The van der Waals surface area contributed by atoms with Crippen LogP contribution in [0.4, 0.5) is 0 Å². The highest BCUT2D eigenvalue weighted by Crippen LogP contribution is 2.16. The number of rotatable bonds is 6. The Bertz CT molecular complexity index is 1080. The Balaban J connectivity index is 1.41. The highest BCUT2D eigenvalue weighted by atomic mass is 16.1. The molecule has 4 heterocycles. The van der Waals surface area contributed by atoms with Crippen LogP contribution in [0.5, 0.6) is 0 Å². The first-order valence-corrected chi connectivity index (χ1v) is 9.39. The molecule has 4 aromatic heterocycles. The molecule has 4 aromatic rings. The second-order valence-corrected chi connectivity index (χ2v) is 6.90. The minimum absolute atomic E-state index is 0.0517. The fourth-order valence-corrected chi connectivity index (χ4v) is 3.43. The predicted octanol–water partition coefficient (Wildman–Crippen LogP) is 3.17. The normalized spacial score (nSPS) is 11.1. The molecule has 6 nitrogen and oxygen atoms in total. The maximum Gasteiger partial charge on any atom is 0.253 e. The Labute approximate surface area is 163 Å². The van der Waals surface area contributed by atoms with Crippen molar-refractivity contribution >= 4 is 11.6 Å². The Kier molecular flexibility index (Phi) is 4.93. The predicted molar refractivity (Wildman–Crippen MR) is 108 cm³/mol. The maximum atomic E-state index is 12.7. The molecule has 4 rings (SSSR count). The molecule has 1 N–H and O–H groups in total. The van der Waals surface area contributed by atoms with Crippen molar-refractivity contribution in [2.45, 2.75) is 26.8 Å². The summed E-state index contributed by atoms with van der Waals surface area (Å²) >= 11 is 0. The minimum Gasteiger partial charge on any atom is -0.352 e. The standard InChI is InChI=1S/C22H23N5O/c1-16-13-20(17(2)27(16)15-18-7-3-5-10-23-18)22(28)24-11-9-19-14-26-12-6-4-8-21(26)25-19/h3-8,10,12-14H,9,11,15H2,1-2H3,(H,24,28). The van der Waals surface area contributed by atoms with Gasteiger partial charge in [-0.2, -0.15) is 0 Å². The van der Waals surface area contributed by atoms with Crippen LogP contribution < -0.4 is 5.32 Å². The number of fused-ring (bicyclic) bond motifs is 1. The molecular weight excluding hydrogens is 350 g/mol. The molecule has 0 atom stereocenters. The lowest BCUT2D eigenvalue weighted by molar-refractivity contribution is 0.0953. The second-order valence-electron chi connectivity index (χ2n) is 6.90. The molecule has 0 aliphatic heterocycles. The summed E-state index contributed by atoms with van der Waals surface area (Å²) in [6.07, 6.45) is 6.46. The number of carbonyl (C=O) groups excluding carboxylic acids is 1. The van der Waals surface area contributed by atoms with Gasteiger partial charge in [0, 0.05) is 42.9 Å². The highest BCUT2D eigenvalue weighted by Gasteiger charge is 2.16. The lowest BCUT2D eigenvalue weighted by Crippen LogP contribution is -2.26. The number of imidazole rings is 1. The minimum atomic E-state index is -0.0517. The number of aromatic nitrogens is 4. The van der Waals surface area contributed by atoms with Crippen LogP contribution in [0.25, 0.3) is 5.65 Å². The average molecular weight is 373 g/mol. The van der Waals surface area contributed by atoms with E-state index < -0.39 is 0 Å². The van der Waals surface area contributed by atoms with E-state index in [1.54, 1.807) is 6.20 Å². The zero-order valence-electron chi connectivity index (χ0n) is 16.1. The lowest BCUT2D eigenvalue weighted by Gasteiger charge is -2.09. The van der Waals surface area contributed by atoms with Gasteiger partial charge in [0.25, 0.3) is 5.91 Å². The summed E-state index contributed by atoms with van der Waals surface area (Å²) in [5.74, 6) is -0.0517. The zero-order valence-corrected chi connectivity index (χ0v) is 16.1. The van der Waals surface area contributed by atoms with Gasteiger partial charge in [-0.25, -0.2) is 4.98 Å². The van der Waals surface area contributed by atoms with Gasteiger partial charge in [-0.15, -0.1) is 0 Å². The van der Waals surface area contributed by atoms with Crippen molar-refractivity contribution in [1.82, 2.24) is 24.3 Å². The van der Waals surface area contributed by atoms with Crippen molar-refractivity contribution in [3.63, 3.8) is 0 Å². The smallest absolute Gasteiger partial charge is 0.253 e. The third-order valence-corrected chi connectivity index (χ3v) is 4.95. The quantitative estimate of drug-likeness (QED) is 0.565. The molecule has 0 saturated carbocycles. The van der Waals surface area contributed by atoms with Crippen LogP contribution in [-0.2, 0) is 13.0 Å². The molecule has 0 saturated heterocycles. The van der Waals surface area contributed by atoms with Crippen molar-refractivity contribution in [1.29, 1.82) is 0 Å². The Hall–Kier alpha value is -3.41. The molecule has 0 aliphatic rings. The van der Waals surface area contributed by atoms with Crippen LogP contribution >= 0.6 is 0 Å². The van der Waals surface area contributed by atoms with Crippen molar-refractivity contribution in [2.24, 2.45) is 0 Å². The summed E-state index contributed by atoms with van der Waals surface area (Å²) in [6.45, 7) is 5.20. The van der Waals surface area contributed by atoms with Crippen LogP contribution in [0, 0.1) is 13.8 Å². The topological polar surface area (TPSA) is 64.2 Å². The van der Waals surface area contributed by atoms with E-state index in [0.717, 1.165) is 28.4 Å². The lowest BCUT2D eigenvalue weighted by atomic mass is 10.2. The van der Waals surface area contributed by atoms with Gasteiger partial charge in [-0.05, 0) is 44.2 Å². The van der Waals surface area contributed by atoms with E-state index in [4.69, 9.17) is 0 Å². The van der Waals surface area contributed by atoms with Gasteiger partial charge in [-0.1, -0.05) is 12.1 Å². The fourth-order valence-electron chi connectivity index (χ4n) is 3.43. The van der Waals surface area contributed by atoms with Crippen LogP contribution in [0.3, 0.4) is 0 Å². The number of aryl methyl sites for hydroxylation is 1. The van der Waals surface area contributed by atoms with E-state index in [0.29, 0.717) is 25.1 Å². The molecule has 28 heavy (non-hydrogen) atoms. The Morgan fingerprint density at radius 3 is 2.75 bits per heavy atom. The van der Waals surface area contributed by atoms with Gasteiger partial charge in [-0.3, -0.25) is 9.78 Å². The SMILES string of the molecule is Cc1cc(C(=O)NCCc2cn3ccccc3n2)c(C)n1Cc1ccccn1. The van der Waals surface area contributed by atoms with Crippen LogP contribution in [0.15, 0.2) is 61.1 Å². The molecular formula is C22H23N5O. The summed E-state index contributed by atoms with van der Waals surface area (Å²) < 4.78 is 4.11. The van der Waals surface area contributed by atoms with Gasteiger partial charge in [0.1, 0.15) is 5.65 Å². The average Bonchev–Trinajstić information content (AvgIpc) is 3.24. The van der Waals surface area contributed by atoms with Gasteiger partial charge >= 0.3 is 0 Å². The first-order valence-electron chi connectivity index (χ1n) is 9.39.